The molecule has 0 aromatic heterocycles. The fourth-order valence-electron chi connectivity index (χ4n) is 3.99. The van der Waals surface area contributed by atoms with E-state index in [-0.39, 0.29) is 18.2 Å². The summed E-state index contributed by atoms with van der Waals surface area (Å²) in [7, 11) is 0. The summed E-state index contributed by atoms with van der Waals surface area (Å²) in [6.07, 6.45) is -1.64. The number of hydrogen-bond donors (Lipinski definition) is 6. The third-order valence-electron chi connectivity index (χ3n) is 5.49. The van der Waals surface area contributed by atoms with Crippen LogP contribution in [0.15, 0.2) is 42.5 Å². The first-order valence-corrected chi connectivity index (χ1v) is 11.2. The fourth-order valence-corrected chi connectivity index (χ4v) is 4.45. The highest BCUT2D eigenvalue weighted by atomic mass is 35.5. The standard InChI is InChI=1S/C22H22Cl2N6O4/c1-10(31)25-12-3-5-13(6-4-12)26-20(33)14-9-17(32)28-19-18(14)21(34)30-22(29-19)27-16-7-2-11(23)8-15(16)24/h2-8,14,18-19,22,27,29H,9H2,1H3,(H,25,31)(H,26,33)(H,28,32)(H,30,34). The molecule has 0 radical (unpaired) electrons. The van der Waals surface area contributed by atoms with Crippen molar-refractivity contribution in [2.24, 2.45) is 11.8 Å². The second-order valence-electron chi connectivity index (χ2n) is 8.01. The van der Waals surface area contributed by atoms with Gasteiger partial charge in [0.05, 0.1) is 28.7 Å². The summed E-state index contributed by atoms with van der Waals surface area (Å²) < 4.78 is 0. The monoisotopic (exact) mass is 504 g/mol. The van der Waals surface area contributed by atoms with E-state index in [1.807, 2.05) is 0 Å². The molecule has 2 aromatic carbocycles. The van der Waals surface area contributed by atoms with Gasteiger partial charge < -0.3 is 26.6 Å². The molecule has 2 fully saturated rings. The molecule has 4 atom stereocenters. The Labute approximate surface area is 205 Å². The summed E-state index contributed by atoms with van der Waals surface area (Å²) in [4.78, 5) is 49.5. The Morgan fingerprint density at radius 1 is 0.971 bits per heavy atom. The van der Waals surface area contributed by atoms with Gasteiger partial charge in [0.2, 0.25) is 23.6 Å². The number of hydrogen-bond acceptors (Lipinski definition) is 6. The highest BCUT2D eigenvalue weighted by molar-refractivity contribution is 6.36. The van der Waals surface area contributed by atoms with Crippen molar-refractivity contribution in [3.05, 3.63) is 52.5 Å². The molecule has 34 heavy (non-hydrogen) atoms. The van der Waals surface area contributed by atoms with Gasteiger partial charge in [-0.2, -0.15) is 0 Å². The van der Waals surface area contributed by atoms with Gasteiger partial charge in [0.15, 0.2) is 6.29 Å². The first kappa shape index (κ1) is 23.8. The van der Waals surface area contributed by atoms with E-state index in [0.29, 0.717) is 27.1 Å². The Balaban J connectivity index is 1.45. The Kier molecular flexibility index (Phi) is 6.92. The van der Waals surface area contributed by atoms with Crippen molar-refractivity contribution in [1.82, 2.24) is 16.0 Å². The number of fused-ring (bicyclic) bond motifs is 1. The van der Waals surface area contributed by atoms with E-state index in [4.69, 9.17) is 23.2 Å². The van der Waals surface area contributed by atoms with Crippen molar-refractivity contribution < 1.29 is 19.2 Å². The van der Waals surface area contributed by atoms with Crippen LogP contribution in [0.3, 0.4) is 0 Å². The van der Waals surface area contributed by atoms with E-state index in [1.54, 1.807) is 42.5 Å². The molecule has 2 saturated heterocycles. The van der Waals surface area contributed by atoms with Gasteiger partial charge in [0, 0.05) is 29.7 Å². The molecule has 2 heterocycles. The zero-order chi connectivity index (χ0) is 24.4. The lowest BCUT2D eigenvalue weighted by atomic mass is 9.81. The molecule has 6 N–H and O–H groups in total. The third kappa shape index (κ3) is 5.41. The summed E-state index contributed by atoms with van der Waals surface area (Å²) in [5.74, 6) is -3.13. The third-order valence-corrected chi connectivity index (χ3v) is 6.04. The molecule has 0 bridgehead atoms. The molecule has 4 rings (SSSR count). The van der Waals surface area contributed by atoms with E-state index < -0.39 is 36.1 Å². The number of nitrogens with one attached hydrogen (secondary N) is 6. The molecule has 2 aromatic rings. The van der Waals surface area contributed by atoms with Crippen LogP contribution in [0.25, 0.3) is 0 Å². The van der Waals surface area contributed by atoms with Crippen LogP contribution < -0.4 is 31.9 Å². The van der Waals surface area contributed by atoms with E-state index >= 15 is 0 Å². The van der Waals surface area contributed by atoms with Crippen LogP contribution in [0.5, 0.6) is 0 Å². The van der Waals surface area contributed by atoms with Gasteiger partial charge in [-0.3, -0.25) is 24.5 Å². The van der Waals surface area contributed by atoms with E-state index in [9.17, 15) is 19.2 Å². The summed E-state index contributed by atoms with van der Waals surface area (Å²) >= 11 is 12.1. The summed E-state index contributed by atoms with van der Waals surface area (Å²) in [5.41, 5.74) is 1.59. The molecule has 0 saturated carbocycles. The number of rotatable bonds is 5. The zero-order valence-corrected chi connectivity index (χ0v) is 19.5. The summed E-state index contributed by atoms with van der Waals surface area (Å²) in [5, 5.41) is 17.9. The van der Waals surface area contributed by atoms with Crippen molar-refractivity contribution >= 4 is 63.9 Å². The fraction of sp³-hybridized carbons (Fsp3) is 0.273. The molecule has 0 aliphatic carbocycles. The maximum atomic E-state index is 13.0. The van der Waals surface area contributed by atoms with Crippen LogP contribution in [0.1, 0.15) is 13.3 Å². The highest BCUT2D eigenvalue weighted by Gasteiger charge is 2.48. The van der Waals surface area contributed by atoms with Gasteiger partial charge in [0.25, 0.3) is 0 Å². The molecule has 4 unspecified atom stereocenters. The zero-order valence-electron chi connectivity index (χ0n) is 17.9. The molecular weight excluding hydrogens is 483 g/mol. The number of carbonyl (C=O) groups is 4. The van der Waals surface area contributed by atoms with Gasteiger partial charge in [-0.1, -0.05) is 23.2 Å². The van der Waals surface area contributed by atoms with Gasteiger partial charge in [0.1, 0.15) is 0 Å². The number of anilines is 3. The molecule has 12 heteroatoms. The van der Waals surface area contributed by atoms with E-state index in [0.717, 1.165) is 0 Å². The topological polar surface area (TPSA) is 140 Å². The minimum absolute atomic E-state index is 0.132. The largest absolute Gasteiger partial charge is 0.352 e. The summed E-state index contributed by atoms with van der Waals surface area (Å²) in [6.45, 7) is 1.40. The lowest BCUT2D eigenvalue weighted by Gasteiger charge is -2.43. The van der Waals surface area contributed by atoms with Crippen LogP contribution in [0.2, 0.25) is 10.0 Å². The molecule has 0 spiro atoms. The van der Waals surface area contributed by atoms with Crippen LogP contribution in [0, 0.1) is 11.8 Å². The van der Waals surface area contributed by atoms with Gasteiger partial charge >= 0.3 is 0 Å². The maximum absolute atomic E-state index is 13.0. The number of piperidine rings is 1. The van der Waals surface area contributed by atoms with Gasteiger partial charge in [-0.05, 0) is 42.5 Å². The Morgan fingerprint density at radius 3 is 2.29 bits per heavy atom. The van der Waals surface area contributed by atoms with Crippen LogP contribution >= 0.6 is 23.2 Å². The number of halogens is 2. The Hall–Kier alpha value is -3.34. The highest BCUT2D eigenvalue weighted by Crippen LogP contribution is 2.30. The molecule has 2 aliphatic rings. The minimum Gasteiger partial charge on any atom is -0.352 e. The Bertz CT molecular complexity index is 1140. The first-order valence-electron chi connectivity index (χ1n) is 10.5. The predicted molar refractivity (Wildman–Crippen MR) is 128 cm³/mol. The van der Waals surface area contributed by atoms with Gasteiger partial charge in [-0.25, -0.2) is 0 Å². The molecule has 10 nitrogen and oxygen atoms in total. The first-order chi connectivity index (χ1) is 16.2. The average Bonchev–Trinajstić information content (AvgIpc) is 2.76. The van der Waals surface area contributed by atoms with Crippen molar-refractivity contribution in [3.8, 4) is 0 Å². The second kappa shape index (κ2) is 9.88. The van der Waals surface area contributed by atoms with E-state index in [2.05, 4.69) is 31.9 Å². The number of carbonyl (C=O) groups excluding carboxylic acids is 4. The van der Waals surface area contributed by atoms with Crippen LogP contribution in [-0.4, -0.2) is 36.1 Å². The quantitative estimate of drug-likeness (QED) is 0.368. The van der Waals surface area contributed by atoms with Crippen molar-refractivity contribution in [2.75, 3.05) is 16.0 Å². The SMILES string of the molecule is CC(=O)Nc1ccc(NC(=O)C2CC(=O)NC3NC(Nc4ccc(Cl)cc4Cl)NC(=O)C32)cc1. The minimum atomic E-state index is -0.888. The smallest absolute Gasteiger partial charge is 0.229 e. The van der Waals surface area contributed by atoms with Crippen LogP contribution in [0.4, 0.5) is 17.1 Å². The van der Waals surface area contributed by atoms with Crippen molar-refractivity contribution in [3.63, 3.8) is 0 Å². The number of amides is 4. The van der Waals surface area contributed by atoms with E-state index in [1.165, 1.54) is 6.92 Å². The maximum Gasteiger partial charge on any atom is 0.229 e. The predicted octanol–water partition coefficient (Wildman–Crippen LogP) is 2.08. The molecule has 4 amide bonds. The summed E-state index contributed by atoms with van der Waals surface area (Å²) in [6, 6.07) is 11.4. The molecule has 2 aliphatic heterocycles. The Morgan fingerprint density at radius 2 is 1.65 bits per heavy atom. The average molecular weight is 505 g/mol. The number of benzene rings is 2. The normalized spacial score (nSPS) is 23.7. The molecular formula is C22H22Cl2N6O4. The lowest BCUT2D eigenvalue weighted by Crippen LogP contribution is -2.72. The lowest BCUT2D eigenvalue weighted by molar-refractivity contribution is -0.144. The van der Waals surface area contributed by atoms with Crippen molar-refractivity contribution in [1.29, 1.82) is 0 Å². The second-order valence-corrected chi connectivity index (χ2v) is 8.85. The molecule has 178 valence electrons. The van der Waals surface area contributed by atoms with Crippen molar-refractivity contribution in [2.45, 2.75) is 25.8 Å². The van der Waals surface area contributed by atoms with Gasteiger partial charge in [-0.15, -0.1) is 0 Å². The van der Waals surface area contributed by atoms with Crippen LogP contribution in [-0.2, 0) is 19.2 Å².